The van der Waals surface area contributed by atoms with E-state index in [4.69, 9.17) is 31.6 Å². The van der Waals surface area contributed by atoms with Crippen LogP contribution in [-0.2, 0) is 31.6 Å². The zero-order valence-corrected chi connectivity index (χ0v) is 17.5. The van der Waals surface area contributed by atoms with Crippen molar-refractivity contribution < 1.29 is 65.0 Å². The standard InChI is InChI=1S/C9H13F2N2O13P3S/c10-3-1-13(9(30)12-7(3)15)8-6(14)5(11)4(24-8)2-23-28(19,20)26-29(21,22)25-27(16,17)18/h1,4-6,8,14H,2H2,(H,19,20)(H,21,22)(H,12,15,30)(H2,16,17,18). The highest BCUT2D eigenvalue weighted by atomic mass is 32.1. The molecule has 2 rings (SSSR count). The molecule has 1 aromatic heterocycles. The summed E-state index contributed by atoms with van der Waals surface area (Å²) in [5.41, 5.74) is -1.19. The molecule has 0 amide bonds. The van der Waals surface area contributed by atoms with Crippen LogP contribution in [-0.4, -0.2) is 59.2 Å². The molecule has 6 unspecified atom stereocenters. The van der Waals surface area contributed by atoms with Crippen LogP contribution >= 0.6 is 35.7 Å². The van der Waals surface area contributed by atoms with Crippen LogP contribution in [0, 0.1) is 10.6 Å². The Morgan fingerprint density at radius 3 is 2.37 bits per heavy atom. The Morgan fingerprint density at radius 1 is 1.20 bits per heavy atom. The summed E-state index contributed by atoms with van der Waals surface area (Å²) in [5.74, 6) is -1.34. The maximum absolute atomic E-state index is 14.3. The summed E-state index contributed by atoms with van der Waals surface area (Å²) in [7, 11) is -16.9. The van der Waals surface area contributed by atoms with Crippen molar-refractivity contribution in [1.82, 2.24) is 9.55 Å². The molecule has 2 heterocycles. The molecule has 21 heteroatoms. The van der Waals surface area contributed by atoms with E-state index in [0.717, 1.165) is 0 Å². The number of rotatable bonds is 8. The maximum atomic E-state index is 14.3. The number of H-pyrrole nitrogens is 1. The molecule has 1 saturated heterocycles. The van der Waals surface area contributed by atoms with Crippen LogP contribution in [0.15, 0.2) is 11.0 Å². The highest BCUT2D eigenvalue weighted by Gasteiger charge is 2.47. The first-order chi connectivity index (χ1) is 13.5. The van der Waals surface area contributed by atoms with Crippen LogP contribution in [0.5, 0.6) is 0 Å². The molecule has 0 spiro atoms. The van der Waals surface area contributed by atoms with Gasteiger partial charge < -0.3 is 29.4 Å². The Hall–Kier alpha value is -0.710. The number of alkyl halides is 1. The minimum atomic E-state index is -5.78. The lowest BCUT2D eigenvalue weighted by Gasteiger charge is -2.19. The average molecular weight is 520 g/mol. The minimum Gasteiger partial charge on any atom is -0.385 e. The van der Waals surface area contributed by atoms with E-state index in [-0.39, 0.29) is 0 Å². The van der Waals surface area contributed by atoms with Crippen molar-refractivity contribution in [2.45, 2.75) is 24.6 Å². The lowest BCUT2D eigenvalue weighted by molar-refractivity contribution is -0.0525. The predicted octanol–water partition coefficient (Wildman–Crippen LogP) is -0.0153. The second kappa shape index (κ2) is 9.03. The third-order valence-electron chi connectivity index (χ3n) is 3.30. The number of hydrogen-bond donors (Lipinski definition) is 6. The summed E-state index contributed by atoms with van der Waals surface area (Å²) in [5, 5.41) is 9.92. The highest BCUT2D eigenvalue weighted by molar-refractivity contribution is 7.71. The molecule has 0 aliphatic carbocycles. The maximum Gasteiger partial charge on any atom is 0.490 e. The van der Waals surface area contributed by atoms with Gasteiger partial charge in [-0.25, -0.2) is 18.1 Å². The molecule has 172 valence electrons. The second-order valence-electron chi connectivity index (χ2n) is 5.53. The second-order valence-corrected chi connectivity index (χ2v) is 10.3. The van der Waals surface area contributed by atoms with Crippen molar-refractivity contribution >= 4 is 35.7 Å². The first-order valence-corrected chi connectivity index (χ1v) is 12.2. The number of phosphoric acid groups is 3. The van der Waals surface area contributed by atoms with Gasteiger partial charge in [0.25, 0.3) is 5.56 Å². The van der Waals surface area contributed by atoms with Crippen LogP contribution in [0.1, 0.15) is 6.23 Å². The molecule has 6 atom stereocenters. The molecule has 1 aliphatic rings. The number of phosphoric ester groups is 1. The number of halogens is 2. The lowest BCUT2D eigenvalue weighted by Crippen LogP contribution is -2.30. The van der Waals surface area contributed by atoms with Crippen LogP contribution in [0.3, 0.4) is 0 Å². The molecule has 1 fully saturated rings. The van der Waals surface area contributed by atoms with Crippen molar-refractivity contribution in [3.63, 3.8) is 0 Å². The number of aromatic amines is 1. The predicted molar refractivity (Wildman–Crippen MR) is 90.5 cm³/mol. The van der Waals surface area contributed by atoms with E-state index < -0.39 is 70.8 Å². The number of nitrogens with one attached hydrogen (secondary N) is 1. The number of hydrogen-bond acceptors (Lipinski definition) is 10. The smallest absolute Gasteiger partial charge is 0.385 e. The fourth-order valence-electron chi connectivity index (χ4n) is 2.19. The van der Waals surface area contributed by atoms with E-state index in [0.29, 0.717) is 10.8 Å². The largest absolute Gasteiger partial charge is 0.490 e. The quantitative estimate of drug-likeness (QED) is 0.196. The van der Waals surface area contributed by atoms with Gasteiger partial charge in [0.05, 0.1) is 12.8 Å². The van der Waals surface area contributed by atoms with E-state index in [2.05, 4.69) is 13.1 Å². The van der Waals surface area contributed by atoms with Crippen LogP contribution < -0.4 is 5.56 Å². The number of aliphatic hydroxyl groups excluding tert-OH is 1. The van der Waals surface area contributed by atoms with Gasteiger partial charge >= 0.3 is 23.5 Å². The Balaban J connectivity index is 2.09. The van der Waals surface area contributed by atoms with E-state index in [9.17, 15) is 37.3 Å². The summed E-state index contributed by atoms with van der Waals surface area (Å²) >= 11 is 4.75. The first-order valence-electron chi connectivity index (χ1n) is 7.28. The third kappa shape index (κ3) is 6.64. The van der Waals surface area contributed by atoms with Gasteiger partial charge in [-0.3, -0.25) is 18.9 Å². The van der Waals surface area contributed by atoms with Gasteiger partial charge in [-0.15, -0.1) is 0 Å². The topological polar surface area (TPSA) is 227 Å². The molecule has 0 saturated carbocycles. The first kappa shape index (κ1) is 25.5. The van der Waals surface area contributed by atoms with Gasteiger partial charge in [0, 0.05) is 0 Å². The van der Waals surface area contributed by atoms with Crippen molar-refractivity contribution in [2.75, 3.05) is 6.61 Å². The lowest BCUT2D eigenvalue weighted by atomic mass is 10.1. The minimum absolute atomic E-state index is 0.453. The van der Waals surface area contributed by atoms with Crippen molar-refractivity contribution in [3.8, 4) is 0 Å². The number of aliphatic hydroxyl groups is 1. The fourth-order valence-corrected chi connectivity index (χ4v) is 5.47. The van der Waals surface area contributed by atoms with Gasteiger partial charge in [0.2, 0.25) is 5.82 Å². The van der Waals surface area contributed by atoms with Crippen LogP contribution in [0.25, 0.3) is 0 Å². The summed E-state index contributed by atoms with van der Waals surface area (Å²) in [4.78, 5) is 48.3. The van der Waals surface area contributed by atoms with Gasteiger partial charge in [-0.2, -0.15) is 13.0 Å². The normalized spacial score (nSPS) is 28.8. The van der Waals surface area contributed by atoms with Crippen molar-refractivity contribution in [1.29, 1.82) is 0 Å². The van der Waals surface area contributed by atoms with E-state index in [1.54, 1.807) is 0 Å². The van der Waals surface area contributed by atoms with Gasteiger partial charge in [0.1, 0.15) is 12.2 Å². The molecule has 6 N–H and O–H groups in total. The summed E-state index contributed by atoms with van der Waals surface area (Å²) in [6.45, 7) is -1.20. The molecule has 0 radical (unpaired) electrons. The Kier molecular flexibility index (Phi) is 7.69. The monoisotopic (exact) mass is 520 g/mol. The van der Waals surface area contributed by atoms with Crippen molar-refractivity contribution in [2.24, 2.45) is 0 Å². The van der Waals surface area contributed by atoms with Gasteiger partial charge in [-0.05, 0) is 12.2 Å². The van der Waals surface area contributed by atoms with E-state index >= 15 is 0 Å². The SMILES string of the molecule is O=c1[nH]c(=S)n(C2OC(COP(=O)(O)OP(=O)(O)OP(=O)(O)O)C(F)C2O)cc1F. The van der Waals surface area contributed by atoms with Crippen LogP contribution in [0.2, 0.25) is 0 Å². The Morgan fingerprint density at radius 2 is 1.80 bits per heavy atom. The number of nitrogens with zero attached hydrogens (tertiary/aromatic N) is 1. The van der Waals surface area contributed by atoms with E-state index in [1.807, 2.05) is 4.98 Å². The van der Waals surface area contributed by atoms with Gasteiger partial charge in [-0.1, -0.05) is 0 Å². The zero-order chi connectivity index (χ0) is 23.1. The molecule has 30 heavy (non-hydrogen) atoms. The van der Waals surface area contributed by atoms with Crippen molar-refractivity contribution in [3.05, 3.63) is 27.1 Å². The summed E-state index contributed by atoms with van der Waals surface area (Å²) in [6, 6.07) is 0. The molecule has 0 bridgehead atoms. The summed E-state index contributed by atoms with van der Waals surface area (Å²) < 4.78 is 77.5. The molecule has 0 aromatic carbocycles. The van der Waals surface area contributed by atoms with E-state index in [1.165, 1.54) is 0 Å². The number of aromatic nitrogens is 2. The molecular formula is C9H13F2N2O13P3S. The number of ether oxygens (including phenoxy) is 1. The Bertz CT molecular complexity index is 1060. The van der Waals surface area contributed by atoms with Gasteiger partial charge in [0.15, 0.2) is 17.2 Å². The molecule has 1 aliphatic heterocycles. The average Bonchev–Trinajstić information content (AvgIpc) is 2.81. The third-order valence-corrected chi connectivity index (χ3v) is 7.42. The Labute approximate surface area is 169 Å². The molecule has 1 aromatic rings. The summed E-state index contributed by atoms with van der Waals surface area (Å²) in [6.07, 6.45) is -7.34. The highest BCUT2D eigenvalue weighted by Crippen LogP contribution is 2.66. The zero-order valence-electron chi connectivity index (χ0n) is 14.0. The van der Waals surface area contributed by atoms with Crippen LogP contribution in [0.4, 0.5) is 8.78 Å². The fraction of sp³-hybridized carbons (Fsp3) is 0.556. The molecule has 15 nitrogen and oxygen atoms in total. The molecular weight excluding hydrogens is 507 g/mol.